The number of rotatable bonds is 3. The van der Waals surface area contributed by atoms with Gasteiger partial charge in [0, 0.05) is 13.0 Å². The number of quaternary nitrogens is 1. The van der Waals surface area contributed by atoms with Crippen LogP contribution in [0.2, 0.25) is 0 Å². The van der Waals surface area contributed by atoms with Gasteiger partial charge in [0.1, 0.15) is 0 Å². The minimum absolute atomic E-state index is 1.20. The highest BCUT2D eigenvalue weighted by Crippen LogP contribution is 1.95. The van der Waals surface area contributed by atoms with Gasteiger partial charge in [0.25, 0.3) is 0 Å². The van der Waals surface area contributed by atoms with Crippen LogP contribution >= 0.6 is 0 Å². The number of nitrogens with one attached hydrogen (secondary N) is 2. The van der Waals surface area contributed by atoms with Gasteiger partial charge in [-0.15, -0.1) is 0 Å². The molecule has 0 aromatic carbocycles. The van der Waals surface area contributed by atoms with Crippen LogP contribution in [0.15, 0.2) is 0 Å². The van der Waals surface area contributed by atoms with E-state index in [4.69, 9.17) is 0 Å². The molecular formula is C10H25N2+. The van der Waals surface area contributed by atoms with E-state index in [-0.39, 0.29) is 0 Å². The molecule has 2 heteroatoms. The fourth-order valence-corrected chi connectivity index (χ4v) is 1.24. The maximum Gasteiger partial charge on any atom is 0.0958 e. The van der Waals surface area contributed by atoms with E-state index in [1.165, 1.54) is 50.2 Å². The van der Waals surface area contributed by atoms with Gasteiger partial charge in [0.05, 0.1) is 13.6 Å². The second-order valence-electron chi connectivity index (χ2n) is 3.52. The van der Waals surface area contributed by atoms with Crippen molar-refractivity contribution in [3.05, 3.63) is 0 Å². The maximum absolute atomic E-state index is 3.24. The molecule has 1 rings (SSSR count). The molecule has 1 atom stereocenters. The SMILES string of the molecule is CCCCCC.C[NH+]1CCCN1. The van der Waals surface area contributed by atoms with Crippen LogP contribution < -0.4 is 10.4 Å². The topological polar surface area (TPSA) is 16.5 Å². The van der Waals surface area contributed by atoms with Crippen LogP contribution in [0.4, 0.5) is 0 Å². The highest BCUT2D eigenvalue weighted by molar-refractivity contribution is 4.38. The normalized spacial score (nSPS) is 21.8. The Bertz CT molecular complexity index is 73.9. The molecule has 12 heavy (non-hydrogen) atoms. The summed E-state index contributed by atoms with van der Waals surface area (Å²) in [5.41, 5.74) is 3.24. The van der Waals surface area contributed by atoms with E-state index < -0.39 is 0 Å². The molecule has 0 aromatic heterocycles. The van der Waals surface area contributed by atoms with Crippen molar-refractivity contribution in [1.82, 2.24) is 5.43 Å². The van der Waals surface area contributed by atoms with Crippen LogP contribution in [-0.2, 0) is 0 Å². The summed E-state index contributed by atoms with van der Waals surface area (Å²) in [7, 11) is 2.15. The highest BCUT2D eigenvalue weighted by atomic mass is 15.5. The second kappa shape index (κ2) is 9.01. The molecule has 74 valence electrons. The van der Waals surface area contributed by atoms with E-state index >= 15 is 0 Å². The third kappa shape index (κ3) is 8.02. The van der Waals surface area contributed by atoms with E-state index in [2.05, 4.69) is 26.3 Å². The molecule has 1 fully saturated rings. The Balaban J connectivity index is 0.000000202. The van der Waals surface area contributed by atoms with Crippen LogP contribution in [0.1, 0.15) is 46.0 Å². The first-order chi connectivity index (χ1) is 5.81. The lowest BCUT2D eigenvalue weighted by Crippen LogP contribution is -3.13. The van der Waals surface area contributed by atoms with Gasteiger partial charge in [-0.05, 0) is 0 Å². The van der Waals surface area contributed by atoms with Gasteiger partial charge in [0.2, 0.25) is 0 Å². The zero-order chi connectivity index (χ0) is 9.23. The van der Waals surface area contributed by atoms with Gasteiger partial charge in [0.15, 0.2) is 0 Å². The molecule has 0 saturated carbocycles. The van der Waals surface area contributed by atoms with Crippen LogP contribution in [-0.4, -0.2) is 20.1 Å². The smallest absolute Gasteiger partial charge is 0.0958 e. The largest absolute Gasteiger partial charge is 0.260 e. The molecule has 1 heterocycles. The number of hydrogen-bond donors (Lipinski definition) is 2. The lowest BCUT2D eigenvalue weighted by Gasteiger charge is -1.99. The third-order valence-corrected chi connectivity index (χ3v) is 2.11. The summed E-state index contributed by atoms with van der Waals surface area (Å²) in [5.74, 6) is 0. The van der Waals surface area contributed by atoms with Gasteiger partial charge in [-0.25, -0.2) is 0 Å². The van der Waals surface area contributed by atoms with E-state index in [1.54, 1.807) is 0 Å². The van der Waals surface area contributed by atoms with Gasteiger partial charge >= 0.3 is 0 Å². The monoisotopic (exact) mass is 173 g/mol. The van der Waals surface area contributed by atoms with E-state index in [1.807, 2.05) is 0 Å². The minimum atomic E-state index is 1.20. The Labute approximate surface area is 77.3 Å². The first-order valence-electron chi connectivity index (χ1n) is 5.37. The van der Waals surface area contributed by atoms with Crippen LogP contribution in [0.5, 0.6) is 0 Å². The minimum Gasteiger partial charge on any atom is -0.260 e. The van der Waals surface area contributed by atoms with Crippen molar-refractivity contribution >= 4 is 0 Å². The Morgan fingerprint density at radius 2 is 1.75 bits per heavy atom. The molecule has 2 N–H and O–H groups in total. The lowest BCUT2D eigenvalue weighted by atomic mass is 10.2. The third-order valence-electron chi connectivity index (χ3n) is 2.11. The molecule has 1 aliphatic rings. The average Bonchev–Trinajstić information content (AvgIpc) is 2.53. The summed E-state index contributed by atoms with van der Waals surface area (Å²) in [4.78, 5) is 0. The Morgan fingerprint density at radius 3 is 1.92 bits per heavy atom. The molecule has 1 unspecified atom stereocenters. The summed E-state index contributed by atoms with van der Waals surface area (Å²) in [5, 5.41) is 1.45. The zero-order valence-corrected chi connectivity index (χ0v) is 8.95. The summed E-state index contributed by atoms with van der Waals surface area (Å²) in [6.45, 7) is 6.96. The number of unbranched alkanes of at least 4 members (excludes halogenated alkanes) is 3. The van der Waals surface area contributed by atoms with Crippen LogP contribution in [0.3, 0.4) is 0 Å². The summed E-state index contributed by atoms with van der Waals surface area (Å²) in [6.07, 6.45) is 6.88. The zero-order valence-electron chi connectivity index (χ0n) is 8.95. The van der Waals surface area contributed by atoms with Crippen molar-refractivity contribution < 1.29 is 5.01 Å². The Morgan fingerprint density at radius 1 is 1.17 bits per heavy atom. The Kier molecular flexibility index (Phi) is 8.95. The quantitative estimate of drug-likeness (QED) is 0.609. The van der Waals surface area contributed by atoms with Gasteiger partial charge in [-0.2, -0.15) is 5.43 Å². The fourth-order valence-electron chi connectivity index (χ4n) is 1.24. The summed E-state index contributed by atoms with van der Waals surface area (Å²) >= 11 is 0. The number of hydrogen-bond acceptors (Lipinski definition) is 1. The van der Waals surface area contributed by atoms with Crippen molar-refractivity contribution in [3.8, 4) is 0 Å². The highest BCUT2D eigenvalue weighted by Gasteiger charge is 2.06. The van der Waals surface area contributed by atoms with Crippen molar-refractivity contribution in [3.63, 3.8) is 0 Å². The maximum atomic E-state index is 3.24. The molecule has 2 nitrogen and oxygen atoms in total. The van der Waals surface area contributed by atoms with Crippen molar-refractivity contribution in [2.24, 2.45) is 0 Å². The molecule has 1 aliphatic heterocycles. The summed E-state index contributed by atoms with van der Waals surface area (Å²) in [6, 6.07) is 0. The molecule has 0 spiro atoms. The first kappa shape index (κ1) is 11.9. The molecule has 0 bridgehead atoms. The molecule has 0 radical (unpaired) electrons. The van der Waals surface area contributed by atoms with Gasteiger partial charge in [-0.3, -0.25) is 5.01 Å². The summed E-state index contributed by atoms with van der Waals surface area (Å²) < 4.78 is 0. The predicted molar refractivity (Wildman–Crippen MR) is 54.2 cm³/mol. The van der Waals surface area contributed by atoms with E-state index in [0.29, 0.717) is 0 Å². The predicted octanol–water partition coefficient (Wildman–Crippen LogP) is 0.996. The fraction of sp³-hybridized carbons (Fsp3) is 1.00. The van der Waals surface area contributed by atoms with Crippen LogP contribution in [0, 0.1) is 0 Å². The molecule has 0 aromatic rings. The van der Waals surface area contributed by atoms with Gasteiger partial charge < -0.3 is 0 Å². The van der Waals surface area contributed by atoms with Crippen molar-refractivity contribution in [1.29, 1.82) is 0 Å². The van der Waals surface area contributed by atoms with E-state index in [9.17, 15) is 0 Å². The molecular weight excluding hydrogens is 148 g/mol. The van der Waals surface area contributed by atoms with Gasteiger partial charge in [-0.1, -0.05) is 39.5 Å². The standard InChI is InChI=1S/C6H14.C4H10N2/c1-3-5-6-4-2;1-6-4-2-3-5-6/h3-6H2,1-2H3;5H,2-4H2,1H3/p+1. The van der Waals surface area contributed by atoms with E-state index in [0.717, 1.165) is 0 Å². The average molecular weight is 173 g/mol. The van der Waals surface area contributed by atoms with Crippen molar-refractivity contribution in [2.45, 2.75) is 46.0 Å². The first-order valence-corrected chi connectivity index (χ1v) is 5.37. The Hall–Kier alpha value is -0.0800. The second-order valence-corrected chi connectivity index (χ2v) is 3.52. The van der Waals surface area contributed by atoms with Crippen molar-refractivity contribution in [2.75, 3.05) is 20.1 Å². The molecule has 0 aliphatic carbocycles. The van der Waals surface area contributed by atoms with Crippen LogP contribution in [0.25, 0.3) is 0 Å². The molecule has 1 saturated heterocycles. The lowest BCUT2D eigenvalue weighted by molar-refractivity contribution is -0.912. The molecule has 0 amide bonds.